The van der Waals surface area contributed by atoms with Crippen molar-refractivity contribution in [3.8, 4) is 0 Å². The molecule has 2 atom stereocenters. The first-order chi connectivity index (χ1) is 11.4. The molecule has 2 aliphatic rings. The molecule has 3 rings (SSSR count). The monoisotopic (exact) mass is 328 g/mol. The van der Waals surface area contributed by atoms with Crippen LogP contribution in [0.25, 0.3) is 0 Å². The summed E-state index contributed by atoms with van der Waals surface area (Å²) >= 11 is 0. The van der Waals surface area contributed by atoms with Crippen molar-refractivity contribution in [3.05, 3.63) is 29.8 Å². The molecule has 1 aromatic rings. The molecule has 0 spiro atoms. The summed E-state index contributed by atoms with van der Waals surface area (Å²) in [5.74, 6) is 0.993. The van der Waals surface area contributed by atoms with Gasteiger partial charge in [-0.05, 0) is 61.3 Å². The average Bonchev–Trinajstić information content (AvgIpc) is 3.08. The lowest BCUT2D eigenvalue weighted by Gasteiger charge is -2.35. The minimum absolute atomic E-state index is 0.0967. The van der Waals surface area contributed by atoms with Crippen molar-refractivity contribution in [2.75, 3.05) is 11.9 Å². The summed E-state index contributed by atoms with van der Waals surface area (Å²) in [4.78, 5) is 12.9. The van der Waals surface area contributed by atoms with E-state index in [1.165, 1.54) is 31.2 Å². The van der Waals surface area contributed by atoms with E-state index in [1.807, 2.05) is 12.1 Å². The van der Waals surface area contributed by atoms with Crippen LogP contribution in [0.1, 0.15) is 64.9 Å². The number of amides is 1. The molecule has 1 amide bonds. The van der Waals surface area contributed by atoms with Gasteiger partial charge in [0.1, 0.15) is 0 Å². The van der Waals surface area contributed by atoms with Gasteiger partial charge in [0.25, 0.3) is 0 Å². The summed E-state index contributed by atoms with van der Waals surface area (Å²) in [6, 6.07) is 8.68. The van der Waals surface area contributed by atoms with Gasteiger partial charge in [-0.2, -0.15) is 0 Å². The maximum Gasteiger partial charge on any atom is 0.229 e. The molecule has 1 aliphatic heterocycles. The molecule has 3 nitrogen and oxygen atoms in total. The van der Waals surface area contributed by atoms with Gasteiger partial charge in [0.15, 0.2) is 0 Å². The Labute approximate surface area is 146 Å². The van der Waals surface area contributed by atoms with Gasteiger partial charge in [-0.1, -0.05) is 45.7 Å². The molecule has 2 fully saturated rings. The number of hydrogen-bond donors (Lipinski definition) is 2. The summed E-state index contributed by atoms with van der Waals surface area (Å²) in [7, 11) is 0. The van der Waals surface area contributed by atoms with Crippen molar-refractivity contribution in [3.63, 3.8) is 0 Å². The number of benzene rings is 1. The highest BCUT2D eigenvalue weighted by atomic mass is 16.1. The molecule has 1 aliphatic carbocycles. The second-order valence-electron chi connectivity index (χ2n) is 8.59. The van der Waals surface area contributed by atoms with E-state index in [9.17, 15) is 4.79 Å². The van der Waals surface area contributed by atoms with Crippen LogP contribution in [-0.2, 0) is 10.2 Å². The number of piperidine rings is 1. The third-order valence-corrected chi connectivity index (χ3v) is 5.75. The number of anilines is 1. The van der Waals surface area contributed by atoms with E-state index in [4.69, 9.17) is 0 Å². The lowest BCUT2D eigenvalue weighted by molar-refractivity contribution is -0.122. The normalized spacial score (nSPS) is 25.6. The largest absolute Gasteiger partial charge is 0.326 e. The van der Waals surface area contributed by atoms with E-state index >= 15 is 0 Å². The fourth-order valence-corrected chi connectivity index (χ4v) is 4.32. The lowest BCUT2D eigenvalue weighted by Crippen LogP contribution is -2.50. The van der Waals surface area contributed by atoms with E-state index < -0.39 is 0 Å². The molecule has 0 bridgehead atoms. The van der Waals surface area contributed by atoms with Crippen molar-refractivity contribution in [1.29, 1.82) is 0 Å². The van der Waals surface area contributed by atoms with Crippen molar-refractivity contribution in [2.45, 2.75) is 70.8 Å². The molecule has 2 N–H and O–H groups in total. The molecule has 1 aromatic carbocycles. The number of carbonyl (C=O) groups excluding carboxylic acids is 1. The Morgan fingerprint density at radius 2 is 1.88 bits per heavy atom. The molecular formula is C21H32N2O. The van der Waals surface area contributed by atoms with Crippen LogP contribution in [0.15, 0.2) is 24.3 Å². The van der Waals surface area contributed by atoms with Gasteiger partial charge in [-0.3, -0.25) is 4.79 Å². The van der Waals surface area contributed by atoms with Crippen molar-refractivity contribution in [1.82, 2.24) is 5.32 Å². The molecule has 1 heterocycles. The van der Waals surface area contributed by atoms with E-state index in [-0.39, 0.29) is 17.2 Å². The average molecular weight is 329 g/mol. The highest BCUT2D eigenvalue weighted by Crippen LogP contribution is 2.34. The maximum atomic E-state index is 12.9. The fourth-order valence-electron chi connectivity index (χ4n) is 4.32. The van der Waals surface area contributed by atoms with E-state index in [0.717, 1.165) is 25.1 Å². The third-order valence-electron chi connectivity index (χ3n) is 5.75. The Morgan fingerprint density at radius 1 is 1.12 bits per heavy atom. The molecule has 3 heteroatoms. The van der Waals surface area contributed by atoms with Crippen LogP contribution in [0.2, 0.25) is 0 Å². The van der Waals surface area contributed by atoms with Gasteiger partial charge >= 0.3 is 0 Å². The van der Waals surface area contributed by atoms with E-state index in [1.54, 1.807) is 0 Å². The van der Waals surface area contributed by atoms with Crippen LogP contribution < -0.4 is 10.6 Å². The zero-order valence-electron chi connectivity index (χ0n) is 15.4. The van der Waals surface area contributed by atoms with Gasteiger partial charge < -0.3 is 10.6 Å². The summed E-state index contributed by atoms with van der Waals surface area (Å²) < 4.78 is 0. The maximum absolute atomic E-state index is 12.9. The molecule has 1 saturated carbocycles. The first-order valence-electron chi connectivity index (χ1n) is 9.60. The highest BCUT2D eigenvalue weighted by Gasteiger charge is 2.37. The summed E-state index contributed by atoms with van der Waals surface area (Å²) in [5, 5.41) is 6.85. The molecule has 2 unspecified atom stereocenters. The van der Waals surface area contributed by atoms with Crippen molar-refractivity contribution < 1.29 is 4.79 Å². The SMILES string of the molecule is CC(C)(C)c1cccc(NC(=O)C2CCCNC2C2CCCC2)c1. The summed E-state index contributed by atoms with van der Waals surface area (Å²) in [6.45, 7) is 7.67. The standard InChI is InChI=1S/C21H32N2O/c1-21(2,3)16-10-6-11-17(14-16)23-20(24)18-12-7-13-22-19(18)15-8-4-5-9-15/h6,10-11,14-15,18-19,22H,4-5,7-9,12-13H2,1-3H3,(H,23,24). The van der Waals surface area contributed by atoms with E-state index in [0.29, 0.717) is 12.0 Å². The van der Waals surface area contributed by atoms with Crippen LogP contribution >= 0.6 is 0 Å². The smallest absolute Gasteiger partial charge is 0.229 e. The zero-order valence-corrected chi connectivity index (χ0v) is 15.4. The number of hydrogen-bond acceptors (Lipinski definition) is 2. The van der Waals surface area contributed by atoms with Crippen molar-refractivity contribution >= 4 is 11.6 Å². The third kappa shape index (κ3) is 4.00. The highest BCUT2D eigenvalue weighted by molar-refractivity contribution is 5.93. The molecule has 24 heavy (non-hydrogen) atoms. The number of carbonyl (C=O) groups is 1. The topological polar surface area (TPSA) is 41.1 Å². The predicted molar refractivity (Wildman–Crippen MR) is 100 cm³/mol. The lowest BCUT2D eigenvalue weighted by atomic mass is 9.81. The molecule has 0 radical (unpaired) electrons. The van der Waals surface area contributed by atoms with Crippen LogP contribution in [-0.4, -0.2) is 18.5 Å². The first kappa shape index (κ1) is 17.5. The Bertz CT molecular complexity index is 569. The number of nitrogens with one attached hydrogen (secondary N) is 2. The molecular weight excluding hydrogens is 296 g/mol. The molecule has 1 saturated heterocycles. The Balaban J connectivity index is 1.71. The second kappa shape index (κ2) is 7.26. The van der Waals surface area contributed by atoms with Crippen LogP contribution in [0.4, 0.5) is 5.69 Å². The first-order valence-corrected chi connectivity index (χ1v) is 9.60. The quantitative estimate of drug-likeness (QED) is 0.859. The van der Waals surface area contributed by atoms with Gasteiger partial charge in [-0.25, -0.2) is 0 Å². The van der Waals surface area contributed by atoms with Crippen LogP contribution in [0, 0.1) is 11.8 Å². The molecule has 0 aromatic heterocycles. The summed E-state index contributed by atoms with van der Waals surface area (Å²) in [5.41, 5.74) is 2.29. The van der Waals surface area contributed by atoms with Gasteiger partial charge in [-0.15, -0.1) is 0 Å². The Morgan fingerprint density at radius 3 is 2.58 bits per heavy atom. The minimum atomic E-state index is 0.0967. The van der Waals surface area contributed by atoms with Crippen molar-refractivity contribution in [2.24, 2.45) is 11.8 Å². The Kier molecular flexibility index (Phi) is 5.29. The summed E-state index contributed by atoms with van der Waals surface area (Å²) in [6.07, 6.45) is 7.32. The fraction of sp³-hybridized carbons (Fsp3) is 0.667. The van der Waals surface area contributed by atoms with Gasteiger partial charge in [0.05, 0.1) is 5.92 Å². The van der Waals surface area contributed by atoms with Gasteiger partial charge in [0, 0.05) is 11.7 Å². The minimum Gasteiger partial charge on any atom is -0.326 e. The zero-order chi connectivity index (χ0) is 17.2. The second-order valence-corrected chi connectivity index (χ2v) is 8.59. The number of rotatable bonds is 3. The van der Waals surface area contributed by atoms with Crippen LogP contribution in [0.3, 0.4) is 0 Å². The predicted octanol–water partition coefficient (Wildman–Crippen LogP) is 4.48. The molecule has 132 valence electrons. The Hall–Kier alpha value is -1.35. The van der Waals surface area contributed by atoms with Gasteiger partial charge in [0.2, 0.25) is 5.91 Å². The van der Waals surface area contributed by atoms with E-state index in [2.05, 4.69) is 43.5 Å². The van der Waals surface area contributed by atoms with Crippen LogP contribution in [0.5, 0.6) is 0 Å².